The molecule has 0 bridgehead atoms. The topological polar surface area (TPSA) is 140 Å². The van der Waals surface area contributed by atoms with E-state index in [0.29, 0.717) is 46.8 Å². The second kappa shape index (κ2) is 17.9. The number of carbonyl (C=O) groups is 2. The summed E-state index contributed by atoms with van der Waals surface area (Å²) in [5.74, 6) is -9.11. The number of carbonyl (C=O) groups excluding carboxylic acids is 2. The van der Waals surface area contributed by atoms with Gasteiger partial charge < -0.3 is 25.4 Å². The largest absolute Gasteiger partial charge is 0.435 e. The van der Waals surface area contributed by atoms with Gasteiger partial charge in [-0.1, -0.05) is 17.4 Å². The van der Waals surface area contributed by atoms with Crippen LogP contribution < -0.4 is 20.9 Å². The monoisotopic (exact) mass is 1020 g/mol. The Morgan fingerprint density at radius 2 is 1.61 bits per heavy atom. The summed E-state index contributed by atoms with van der Waals surface area (Å²) in [6.45, 7) is 2.22. The molecule has 0 unspecified atom stereocenters. The van der Waals surface area contributed by atoms with Gasteiger partial charge in [-0.3, -0.25) is 14.3 Å². The fraction of sp³-hybridized carbons (Fsp3) is 0.347. The van der Waals surface area contributed by atoms with E-state index in [0.717, 1.165) is 47.6 Å². The molecule has 3 N–H and O–H groups in total. The Hall–Kier alpha value is -6.55. The van der Waals surface area contributed by atoms with E-state index in [-0.39, 0.29) is 40.9 Å². The standard InChI is InChI=1S/C49H46F8N10O2S2/c1-71(2,3)17-16-65-11-10-59-46(65)27-4-7-31(8-5-27)64-12-14-66(15-13-64)47-62-45-38(70-47)24-32(28-6-9-36(52)34(21-28)44(58)69)41(61-45)37(20-26-18-29(50)22-30(51)19-26)60-39(68)25-67-43-40(42(63-67)49(55,56)57)33-23-35(33)48(43,53)54/h4-11,18-19,21-22,24,33,35,37H,12-17,20,23,25H2,1-3H3,(H2,58,69)(H,60,68)/t33-,35+,37-/m0/s1. The molecule has 2 amide bonds. The van der Waals surface area contributed by atoms with Crippen molar-refractivity contribution in [1.29, 1.82) is 0 Å². The first-order chi connectivity index (χ1) is 33.6. The number of benzene rings is 3. The number of hydrogen-bond acceptors (Lipinski definition) is 9. The van der Waals surface area contributed by atoms with E-state index in [1.807, 2.05) is 12.4 Å². The van der Waals surface area contributed by atoms with Gasteiger partial charge in [-0.25, -0.2) is 33.2 Å². The van der Waals surface area contributed by atoms with Crippen LogP contribution >= 0.6 is 21.4 Å². The Balaban J connectivity index is 0.964. The smallest absolute Gasteiger partial charge is 0.368 e. The van der Waals surface area contributed by atoms with Crippen LogP contribution in [0.3, 0.4) is 0 Å². The van der Waals surface area contributed by atoms with Crippen LogP contribution in [0.15, 0.2) is 79.1 Å². The Morgan fingerprint density at radius 3 is 2.28 bits per heavy atom. The molecule has 1 saturated heterocycles. The maximum absolute atomic E-state index is 15.5. The van der Waals surface area contributed by atoms with Crippen molar-refractivity contribution in [3.05, 3.63) is 130 Å². The van der Waals surface area contributed by atoms with E-state index >= 15 is 8.78 Å². The number of nitrogens with zero attached hydrogens (tertiary/aromatic N) is 8. The van der Waals surface area contributed by atoms with E-state index in [9.17, 15) is 35.9 Å². The highest BCUT2D eigenvalue weighted by Gasteiger charge is 2.68. The highest BCUT2D eigenvalue weighted by Crippen LogP contribution is 2.68. The van der Waals surface area contributed by atoms with Crippen molar-refractivity contribution in [1.82, 2.24) is 34.6 Å². The Morgan fingerprint density at radius 1 is 0.915 bits per heavy atom. The van der Waals surface area contributed by atoms with Crippen LogP contribution in [0, 0.1) is 23.4 Å². The Bertz CT molecular complexity index is 3190. The molecule has 3 aromatic carbocycles. The number of halogens is 8. The number of hydrogen-bond donors (Lipinski definition) is 2. The number of anilines is 2. The fourth-order valence-electron chi connectivity index (χ4n) is 9.63. The highest BCUT2D eigenvalue weighted by molar-refractivity contribution is 8.32. The van der Waals surface area contributed by atoms with Crippen LogP contribution in [0.2, 0.25) is 0 Å². The average Bonchev–Trinajstić information content (AvgIpc) is 3.54. The second-order valence-corrected chi connectivity index (χ2v) is 24.6. The number of amides is 2. The first-order valence-electron chi connectivity index (χ1n) is 22.6. The predicted molar refractivity (Wildman–Crippen MR) is 257 cm³/mol. The van der Waals surface area contributed by atoms with Crippen LogP contribution in [-0.2, 0) is 36.4 Å². The van der Waals surface area contributed by atoms with Crippen LogP contribution in [0.1, 0.15) is 56.9 Å². The molecule has 2 fully saturated rings. The lowest BCUT2D eigenvalue weighted by Gasteiger charge is -2.36. The van der Waals surface area contributed by atoms with Crippen molar-refractivity contribution in [2.45, 2.75) is 50.0 Å². The molecule has 0 radical (unpaired) electrons. The SMILES string of the molecule is CS(C)(C)CCn1ccnc1-c1ccc(N2CCN(c3nc4nc([C@H](Cc5cc(F)cc(F)c5)NC(=O)Cn5nc(C(F)(F)F)c6c5C(F)(F)[C@@H]5C[C@H]65)c(-c5ccc(F)c(C(N)=O)c5)cc4s3)CC2)cc1. The van der Waals surface area contributed by atoms with Crippen LogP contribution in [0.5, 0.6) is 0 Å². The minimum absolute atomic E-state index is 0.00584. The van der Waals surface area contributed by atoms with Gasteiger partial charge in [-0.15, -0.1) is 0 Å². The number of rotatable bonds is 14. The van der Waals surface area contributed by atoms with Gasteiger partial charge in [0.05, 0.1) is 22.0 Å². The lowest BCUT2D eigenvalue weighted by molar-refractivity contribution is -0.142. The summed E-state index contributed by atoms with van der Waals surface area (Å²) in [5, 5.41) is 6.72. The summed E-state index contributed by atoms with van der Waals surface area (Å²) in [6, 6.07) is 14.7. The maximum atomic E-state index is 15.5. The third-order valence-electron chi connectivity index (χ3n) is 13.2. The normalized spacial score (nSPS) is 18.1. The van der Waals surface area contributed by atoms with Gasteiger partial charge >= 0.3 is 6.18 Å². The minimum atomic E-state index is -5.08. The third-order valence-corrected chi connectivity index (χ3v) is 15.6. The molecule has 1 aliphatic heterocycles. The highest BCUT2D eigenvalue weighted by atomic mass is 32.3. The average molecular weight is 1020 g/mol. The van der Waals surface area contributed by atoms with Crippen LogP contribution in [0.25, 0.3) is 32.9 Å². The number of pyridine rings is 1. The summed E-state index contributed by atoms with van der Waals surface area (Å²) < 4.78 is 121. The molecule has 22 heteroatoms. The summed E-state index contributed by atoms with van der Waals surface area (Å²) in [5.41, 5.74) is 4.57. The van der Waals surface area contributed by atoms with Gasteiger partial charge in [0, 0.05) is 79.5 Å². The number of piperazine rings is 1. The van der Waals surface area contributed by atoms with Gasteiger partial charge in [0.25, 0.3) is 11.8 Å². The molecule has 3 atom stereocenters. The van der Waals surface area contributed by atoms with E-state index in [1.54, 1.807) is 6.07 Å². The minimum Gasteiger partial charge on any atom is -0.368 e. The van der Waals surface area contributed by atoms with E-state index in [2.05, 4.69) is 72.8 Å². The predicted octanol–water partition coefficient (Wildman–Crippen LogP) is 9.28. The number of nitrogens with two attached hydrogens (primary N) is 1. The van der Waals surface area contributed by atoms with Crippen molar-refractivity contribution < 1.29 is 44.7 Å². The van der Waals surface area contributed by atoms with Crippen LogP contribution in [-0.4, -0.2) is 91.8 Å². The maximum Gasteiger partial charge on any atom is 0.435 e. The second-order valence-electron chi connectivity index (χ2n) is 19.0. The Labute approximate surface area is 407 Å². The molecule has 12 nitrogen and oxygen atoms in total. The summed E-state index contributed by atoms with van der Waals surface area (Å²) >= 11 is 1.29. The molecule has 0 spiro atoms. The van der Waals surface area contributed by atoms with Crippen LogP contribution in [0.4, 0.5) is 45.9 Å². The molecule has 2 aliphatic carbocycles. The number of thiazole rings is 1. The summed E-state index contributed by atoms with van der Waals surface area (Å²) in [6.07, 6.45) is 5.07. The number of aromatic nitrogens is 6. The molecule has 1 saturated carbocycles. The van der Waals surface area contributed by atoms with Gasteiger partial charge in [-0.05, 0) is 109 Å². The fourth-order valence-corrected chi connectivity index (χ4v) is 11.4. The molecule has 5 heterocycles. The van der Waals surface area contributed by atoms with Crippen molar-refractivity contribution in [2.75, 3.05) is 60.5 Å². The lowest BCUT2D eigenvalue weighted by Crippen LogP contribution is -2.46. The number of alkyl halides is 5. The quantitative estimate of drug-likeness (QED) is 0.103. The first kappa shape index (κ1) is 48.1. The van der Waals surface area contributed by atoms with Crippen molar-refractivity contribution in [3.8, 4) is 22.5 Å². The van der Waals surface area contributed by atoms with Gasteiger partial charge in [-0.2, -0.15) is 32.0 Å². The number of primary amides is 1. The molecule has 372 valence electrons. The zero-order valence-electron chi connectivity index (χ0n) is 38.4. The van der Waals surface area contributed by atoms with E-state index in [1.165, 1.54) is 23.5 Å². The van der Waals surface area contributed by atoms with Gasteiger partial charge in [0.2, 0.25) is 5.91 Å². The first-order valence-corrected chi connectivity index (χ1v) is 26.4. The van der Waals surface area contributed by atoms with Gasteiger partial charge in [0.15, 0.2) is 16.5 Å². The zero-order valence-corrected chi connectivity index (χ0v) is 40.0. The molecule has 7 aromatic rings. The molecule has 71 heavy (non-hydrogen) atoms. The lowest BCUT2D eigenvalue weighted by atomic mass is 9.94. The number of aryl methyl sites for hydroxylation is 1. The van der Waals surface area contributed by atoms with E-state index < -0.39 is 98.3 Å². The Kier molecular flexibility index (Phi) is 12.2. The molecule has 4 aromatic heterocycles. The zero-order chi connectivity index (χ0) is 50.3. The molecular formula is C49H46F8N10O2S2. The number of imidazole rings is 1. The molecular weight excluding hydrogens is 977 g/mol. The molecule has 3 aliphatic rings. The third kappa shape index (κ3) is 9.54. The summed E-state index contributed by atoms with van der Waals surface area (Å²) in [4.78, 5) is 45.1. The van der Waals surface area contributed by atoms with Gasteiger partial charge in [0.1, 0.15) is 35.5 Å². The van der Waals surface area contributed by atoms with Crippen molar-refractivity contribution in [2.24, 2.45) is 11.7 Å². The summed E-state index contributed by atoms with van der Waals surface area (Å²) in [7, 11) is -0.683. The van der Waals surface area contributed by atoms with E-state index in [4.69, 9.17) is 15.7 Å². The molecule has 10 rings (SSSR count). The van der Waals surface area contributed by atoms with Crippen molar-refractivity contribution >= 4 is 54.3 Å². The number of nitrogens with one attached hydrogen (secondary N) is 1. The number of fused-ring (bicyclic) bond motifs is 4. The van der Waals surface area contributed by atoms with Crippen molar-refractivity contribution in [3.63, 3.8) is 0 Å².